The van der Waals surface area contributed by atoms with Crippen LogP contribution in [-0.4, -0.2) is 0 Å². The van der Waals surface area contributed by atoms with Crippen LogP contribution in [0.4, 0.5) is 0 Å². The summed E-state index contributed by atoms with van der Waals surface area (Å²) in [6.45, 7) is 4.61. The molecule has 0 bridgehead atoms. The van der Waals surface area contributed by atoms with Crippen LogP contribution in [0.15, 0.2) is 0 Å². The summed E-state index contributed by atoms with van der Waals surface area (Å²) in [6.07, 6.45) is 14.8. The van der Waals surface area contributed by atoms with Crippen LogP contribution in [-0.2, 0) is 0 Å². The van der Waals surface area contributed by atoms with Crippen molar-refractivity contribution in [2.24, 2.45) is 11.8 Å². The zero-order valence-corrected chi connectivity index (χ0v) is 10.2. The molecule has 0 amide bonds. The van der Waals surface area contributed by atoms with Crippen LogP contribution in [0.5, 0.6) is 0 Å². The molecule has 0 nitrogen and oxygen atoms in total. The van der Waals surface area contributed by atoms with Crippen LogP contribution in [0, 0.1) is 11.8 Å². The molecule has 0 spiro atoms. The van der Waals surface area contributed by atoms with E-state index in [2.05, 4.69) is 13.8 Å². The number of rotatable bonds is 8. The lowest BCUT2D eigenvalue weighted by Crippen LogP contribution is -2.25. The van der Waals surface area contributed by atoms with Crippen molar-refractivity contribution < 1.29 is 0 Å². The molecule has 1 saturated carbocycles. The third kappa shape index (κ3) is 4.02. The van der Waals surface area contributed by atoms with Gasteiger partial charge in [-0.05, 0) is 24.7 Å². The lowest BCUT2D eigenvalue weighted by Gasteiger charge is -2.37. The molecule has 0 aromatic rings. The molecule has 0 unspecified atom stereocenters. The molecule has 0 radical (unpaired) electrons. The molecule has 1 aliphatic carbocycles. The highest BCUT2D eigenvalue weighted by Gasteiger charge is 2.28. The first-order valence-corrected chi connectivity index (χ1v) is 6.88. The van der Waals surface area contributed by atoms with Crippen LogP contribution in [0.25, 0.3) is 0 Å². The Hall–Kier alpha value is 0. The molecule has 2 atom stereocenters. The third-order valence-electron chi connectivity index (χ3n) is 3.93. The monoisotopic (exact) mass is 196 g/mol. The van der Waals surface area contributed by atoms with E-state index in [0.717, 1.165) is 11.8 Å². The van der Waals surface area contributed by atoms with Gasteiger partial charge in [-0.15, -0.1) is 0 Å². The standard InChI is InChI=1S/C14H28/c1-3-5-7-9-13-11-12-14(13)10-8-6-4-2/h13-14H,3-12H2,1-2H3/t13-,14-/m1/s1. The largest absolute Gasteiger partial charge is 0.0654 e. The SMILES string of the molecule is CCCCC[C@@H]1CC[C@H]1CCCCC. The Morgan fingerprint density at radius 1 is 0.714 bits per heavy atom. The minimum Gasteiger partial charge on any atom is -0.0654 e. The van der Waals surface area contributed by atoms with E-state index in [0.29, 0.717) is 0 Å². The van der Waals surface area contributed by atoms with E-state index >= 15 is 0 Å². The van der Waals surface area contributed by atoms with Crippen molar-refractivity contribution in [2.75, 3.05) is 0 Å². The molecule has 1 aliphatic rings. The molecular formula is C14H28. The summed E-state index contributed by atoms with van der Waals surface area (Å²) in [5.74, 6) is 2.25. The van der Waals surface area contributed by atoms with E-state index in [1.807, 2.05) is 0 Å². The van der Waals surface area contributed by atoms with E-state index in [1.165, 1.54) is 51.4 Å². The molecule has 0 aliphatic heterocycles. The Morgan fingerprint density at radius 2 is 1.14 bits per heavy atom. The Bertz CT molecular complexity index is 112. The molecule has 14 heavy (non-hydrogen) atoms. The molecule has 0 heterocycles. The van der Waals surface area contributed by atoms with E-state index in [-0.39, 0.29) is 0 Å². The van der Waals surface area contributed by atoms with Crippen LogP contribution in [0.2, 0.25) is 0 Å². The van der Waals surface area contributed by atoms with Crippen molar-refractivity contribution >= 4 is 0 Å². The van der Waals surface area contributed by atoms with Gasteiger partial charge in [0.15, 0.2) is 0 Å². The Kier molecular flexibility index (Phi) is 6.31. The van der Waals surface area contributed by atoms with Gasteiger partial charge in [0, 0.05) is 0 Å². The summed E-state index contributed by atoms with van der Waals surface area (Å²) in [4.78, 5) is 0. The quantitative estimate of drug-likeness (QED) is 0.470. The fraction of sp³-hybridized carbons (Fsp3) is 1.00. The van der Waals surface area contributed by atoms with Gasteiger partial charge in [-0.2, -0.15) is 0 Å². The van der Waals surface area contributed by atoms with Crippen molar-refractivity contribution in [3.8, 4) is 0 Å². The van der Waals surface area contributed by atoms with Crippen molar-refractivity contribution in [3.63, 3.8) is 0 Å². The van der Waals surface area contributed by atoms with Crippen LogP contribution in [0.1, 0.15) is 78.1 Å². The molecule has 84 valence electrons. The third-order valence-corrected chi connectivity index (χ3v) is 3.93. The van der Waals surface area contributed by atoms with E-state index < -0.39 is 0 Å². The highest BCUT2D eigenvalue weighted by Crippen LogP contribution is 2.41. The average molecular weight is 196 g/mol. The Morgan fingerprint density at radius 3 is 1.43 bits per heavy atom. The molecule has 0 N–H and O–H groups in total. The van der Waals surface area contributed by atoms with Crippen molar-refractivity contribution in [2.45, 2.75) is 78.1 Å². The zero-order chi connectivity index (χ0) is 10.2. The van der Waals surface area contributed by atoms with Crippen LogP contribution < -0.4 is 0 Å². The van der Waals surface area contributed by atoms with Crippen molar-refractivity contribution in [1.82, 2.24) is 0 Å². The van der Waals surface area contributed by atoms with Gasteiger partial charge in [-0.25, -0.2) is 0 Å². The van der Waals surface area contributed by atoms with E-state index in [1.54, 1.807) is 12.8 Å². The van der Waals surface area contributed by atoms with Crippen molar-refractivity contribution in [1.29, 1.82) is 0 Å². The molecule has 0 saturated heterocycles. The summed E-state index contributed by atoms with van der Waals surface area (Å²) < 4.78 is 0. The molecule has 1 fully saturated rings. The maximum atomic E-state index is 2.31. The van der Waals surface area contributed by atoms with Gasteiger partial charge in [0.1, 0.15) is 0 Å². The van der Waals surface area contributed by atoms with Crippen molar-refractivity contribution in [3.05, 3.63) is 0 Å². The smallest absolute Gasteiger partial charge is 0.0386 e. The average Bonchev–Trinajstić information content (AvgIpc) is 2.17. The lowest BCUT2D eigenvalue weighted by molar-refractivity contribution is 0.145. The number of hydrogen-bond donors (Lipinski definition) is 0. The molecular weight excluding hydrogens is 168 g/mol. The van der Waals surface area contributed by atoms with Gasteiger partial charge in [-0.1, -0.05) is 65.2 Å². The Balaban J connectivity index is 1.97. The minimum atomic E-state index is 1.12. The maximum absolute atomic E-state index is 2.31. The summed E-state index contributed by atoms with van der Waals surface area (Å²) in [7, 11) is 0. The van der Waals surface area contributed by atoms with Gasteiger partial charge < -0.3 is 0 Å². The molecule has 0 heteroatoms. The minimum absolute atomic E-state index is 1.12. The highest BCUT2D eigenvalue weighted by molar-refractivity contribution is 4.80. The predicted octanol–water partition coefficient (Wildman–Crippen LogP) is 5.17. The predicted molar refractivity (Wildman–Crippen MR) is 64.5 cm³/mol. The first-order chi connectivity index (χ1) is 6.88. The Labute approximate surface area is 90.5 Å². The fourth-order valence-corrected chi connectivity index (χ4v) is 2.71. The van der Waals surface area contributed by atoms with Gasteiger partial charge >= 0.3 is 0 Å². The summed E-state index contributed by atoms with van der Waals surface area (Å²) in [5, 5.41) is 0. The lowest BCUT2D eigenvalue weighted by atomic mass is 9.69. The van der Waals surface area contributed by atoms with E-state index in [4.69, 9.17) is 0 Å². The second-order valence-corrected chi connectivity index (χ2v) is 5.09. The molecule has 0 aromatic carbocycles. The fourth-order valence-electron chi connectivity index (χ4n) is 2.71. The maximum Gasteiger partial charge on any atom is -0.0386 e. The summed E-state index contributed by atoms with van der Waals surface area (Å²) in [5.41, 5.74) is 0. The summed E-state index contributed by atoms with van der Waals surface area (Å²) in [6, 6.07) is 0. The van der Waals surface area contributed by atoms with Crippen LogP contribution in [0.3, 0.4) is 0 Å². The van der Waals surface area contributed by atoms with E-state index in [9.17, 15) is 0 Å². The highest BCUT2D eigenvalue weighted by atomic mass is 14.3. The summed E-state index contributed by atoms with van der Waals surface area (Å²) >= 11 is 0. The number of hydrogen-bond acceptors (Lipinski definition) is 0. The first kappa shape index (κ1) is 12.1. The van der Waals surface area contributed by atoms with Gasteiger partial charge in [0.25, 0.3) is 0 Å². The zero-order valence-electron chi connectivity index (χ0n) is 10.2. The second kappa shape index (κ2) is 7.31. The molecule has 0 aromatic heterocycles. The molecule has 1 rings (SSSR count). The normalized spacial score (nSPS) is 26.1. The topological polar surface area (TPSA) is 0 Å². The first-order valence-electron chi connectivity index (χ1n) is 6.88. The van der Waals surface area contributed by atoms with Gasteiger partial charge in [0.05, 0.1) is 0 Å². The van der Waals surface area contributed by atoms with Gasteiger partial charge in [0.2, 0.25) is 0 Å². The number of unbranched alkanes of at least 4 members (excludes halogenated alkanes) is 4. The van der Waals surface area contributed by atoms with Gasteiger partial charge in [-0.3, -0.25) is 0 Å². The van der Waals surface area contributed by atoms with Crippen LogP contribution >= 0.6 is 0 Å². The second-order valence-electron chi connectivity index (χ2n) is 5.09.